The molecule has 0 bridgehead atoms. The highest BCUT2D eigenvalue weighted by Crippen LogP contribution is 2.25. The first-order valence-electron chi connectivity index (χ1n) is 7.93. The van der Waals surface area contributed by atoms with Gasteiger partial charge in [-0.2, -0.15) is 0 Å². The normalized spacial score (nSPS) is 12.8. The zero-order valence-corrected chi connectivity index (χ0v) is 16.7. The van der Waals surface area contributed by atoms with Crippen molar-refractivity contribution in [3.8, 4) is 0 Å². The Morgan fingerprint density at radius 2 is 2.04 bits per heavy atom. The highest BCUT2D eigenvalue weighted by Gasteiger charge is 2.11. The Balaban J connectivity index is 2.00. The Bertz CT molecular complexity index is 754. The first-order valence-corrected chi connectivity index (χ1v) is 8.69. The number of aliphatic imine (C=N–C) groups is 1. The molecular formula is C17H24Cl2N6. The Hall–Kier alpha value is -1.92. The monoisotopic (exact) mass is 382 g/mol. The summed E-state index contributed by atoms with van der Waals surface area (Å²) in [6.07, 6.45) is 1.86. The van der Waals surface area contributed by atoms with Gasteiger partial charge in [-0.25, -0.2) is 4.98 Å². The van der Waals surface area contributed by atoms with Gasteiger partial charge in [-0.15, -0.1) is 0 Å². The van der Waals surface area contributed by atoms with Crippen molar-refractivity contribution >= 4 is 35.1 Å². The molecule has 0 aliphatic rings. The zero-order valence-electron chi connectivity index (χ0n) is 15.1. The van der Waals surface area contributed by atoms with Crippen LogP contribution in [-0.2, 0) is 13.6 Å². The standard InChI is InChI=1S/C17H24Cl2N6/c1-11(12-6-7-14(18)15(19)8-12)23-16(20-2)21-9-13-10-22-17(24(3)4)25(13)5/h6-8,10-11H,9H2,1-5H3,(H2,20,21,23). The number of imidazole rings is 1. The van der Waals surface area contributed by atoms with Gasteiger partial charge in [-0.1, -0.05) is 29.3 Å². The molecule has 0 saturated carbocycles. The lowest BCUT2D eigenvalue weighted by atomic mass is 10.1. The molecule has 1 unspecified atom stereocenters. The molecule has 0 radical (unpaired) electrons. The number of nitrogens with zero attached hydrogens (tertiary/aromatic N) is 4. The topological polar surface area (TPSA) is 57.5 Å². The first kappa shape index (κ1) is 19.4. The lowest BCUT2D eigenvalue weighted by Crippen LogP contribution is -2.38. The summed E-state index contributed by atoms with van der Waals surface area (Å²) in [6, 6.07) is 5.64. The molecule has 1 aromatic heterocycles. The van der Waals surface area contributed by atoms with Crippen LogP contribution in [0.5, 0.6) is 0 Å². The maximum atomic E-state index is 6.10. The minimum absolute atomic E-state index is 0.0323. The molecule has 0 fully saturated rings. The molecule has 6 nitrogen and oxygen atoms in total. The smallest absolute Gasteiger partial charge is 0.204 e. The molecule has 136 valence electrons. The van der Waals surface area contributed by atoms with E-state index < -0.39 is 0 Å². The number of halogens is 2. The van der Waals surface area contributed by atoms with Gasteiger partial charge in [0.1, 0.15) is 0 Å². The summed E-state index contributed by atoms with van der Waals surface area (Å²) in [5.41, 5.74) is 2.10. The highest BCUT2D eigenvalue weighted by atomic mass is 35.5. The average Bonchev–Trinajstić information content (AvgIpc) is 2.94. The molecule has 2 N–H and O–H groups in total. The molecule has 1 aromatic carbocycles. The summed E-state index contributed by atoms with van der Waals surface area (Å²) in [5.74, 6) is 1.61. The minimum atomic E-state index is 0.0323. The van der Waals surface area contributed by atoms with Crippen LogP contribution in [0.3, 0.4) is 0 Å². The Morgan fingerprint density at radius 3 is 2.60 bits per heavy atom. The molecule has 1 atom stereocenters. The molecule has 25 heavy (non-hydrogen) atoms. The average molecular weight is 383 g/mol. The quantitative estimate of drug-likeness (QED) is 0.615. The molecule has 0 saturated heterocycles. The van der Waals surface area contributed by atoms with Crippen LogP contribution in [0.2, 0.25) is 10.0 Å². The summed E-state index contributed by atoms with van der Waals surface area (Å²) in [6.45, 7) is 2.66. The van der Waals surface area contributed by atoms with Gasteiger partial charge in [0, 0.05) is 28.2 Å². The van der Waals surface area contributed by atoms with Gasteiger partial charge in [0.15, 0.2) is 5.96 Å². The van der Waals surface area contributed by atoms with E-state index in [9.17, 15) is 0 Å². The van der Waals surface area contributed by atoms with E-state index >= 15 is 0 Å². The van der Waals surface area contributed by atoms with E-state index in [0.29, 0.717) is 22.5 Å². The molecule has 0 aliphatic heterocycles. The summed E-state index contributed by atoms with van der Waals surface area (Å²) in [4.78, 5) is 10.7. The largest absolute Gasteiger partial charge is 0.351 e. The van der Waals surface area contributed by atoms with Gasteiger partial charge in [-0.3, -0.25) is 4.99 Å². The predicted octanol–water partition coefficient (Wildman–Crippen LogP) is 3.22. The molecule has 8 heteroatoms. The Kier molecular flexibility index (Phi) is 6.56. The number of aromatic nitrogens is 2. The predicted molar refractivity (Wildman–Crippen MR) is 106 cm³/mol. The maximum Gasteiger partial charge on any atom is 0.204 e. The van der Waals surface area contributed by atoms with Gasteiger partial charge in [0.05, 0.1) is 34.5 Å². The number of hydrogen-bond donors (Lipinski definition) is 2. The highest BCUT2D eigenvalue weighted by molar-refractivity contribution is 6.42. The van der Waals surface area contributed by atoms with Crippen LogP contribution in [0, 0.1) is 0 Å². The molecule has 2 aromatic rings. The van der Waals surface area contributed by atoms with Gasteiger partial charge in [-0.05, 0) is 24.6 Å². The fraction of sp³-hybridized carbons (Fsp3) is 0.412. The van der Waals surface area contributed by atoms with Crippen molar-refractivity contribution in [3.63, 3.8) is 0 Å². The van der Waals surface area contributed by atoms with Crippen molar-refractivity contribution in [2.75, 3.05) is 26.0 Å². The van der Waals surface area contributed by atoms with Crippen LogP contribution in [0.1, 0.15) is 24.2 Å². The van der Waals surface area contributed by atoms with Crippen LogP contribution in [0.25, 0.3) is 0 Å². The van der Waals surface area contributed by atoms with Gasteiger partial charge in [0.2, 0.25) is 5.95 Å². The summed E-state index contributed by atoms with van der Waals surface area (Å²) in [5, 5.41) is 7.74. The van der Waals surface area contributed by atoms with Crippen molar-refractivity contribution in [2.24, 2.45) is 12.0 Å². The van der Waals surface area contributed by atoms with Crippen LogP contribution in [0.15, 0.2) is 29.4 Å². The number of anilines is 1. The minimum Gasteiger partial charge on any atom is -0.351 e. The van der Waals surface area contributed by atoms with Crippen LogP contribution >= 0.6 is 23.2 Å². The fourth-order valence-electron chi connectivity index (χ4n) is 2.45. The summed E-state index contributed by atoms with van der Waals surface area (Å²) >= 11 is 12.1. The van der Waals surface area contributed by atoms with Crippen molar-refractivity contribution in [1.82, 2.24) is 20.2 Å². The Morgan fingerprint density at radius 1 is 1.32 bits per heavy atom. The number of guanidine groups is 1. The maximum absolute atomic E-state index is 6.10. The second-order valence-corrected chi connectivity index (χ2v) is 6.78. The lowest BCUT2D eigenvalue weighted by molar-refractivity contribution is 0.676. The van der Waals surface area contributed by atoms with E-state index in [4.69, 9.17) is 23.2 Å². The van der Waals surface area contributed by atoms with E-state index in [1.807, 2.05) is 55.9 Å². The second kappa shape index (κ2) is 8.45. The van der Waals surface area contributed by atoms with Gasteiger partial charge < -0.3 is 20.1 Å². The summed E-state index contributed by atoms with van der Waals surface area (Å²) in [7, 11) is 7.68. The second-order valence-electron chi connectivity index (χ2n) is 5.97. The number of nitrogens with one attached hydrogen (secondary N) is 2. The molecule has 2 rings (SSSR count). The molecule has 0 spiro atoms. The van der Waals surface area contributed by atoms with Gasteiger partial charge >= 0.3 is 0 Å². The number of rotatable bonds is 5. The zero-order chi connectivity index (χ0) is 18.6. The van der Waals surface area contributed by atoms with Crippen molar-refractivity contribution in [3.05, 3.63) is 45.7 Å². The lowest BCUT2D eigenvalue weighted by Gasteiger charge is -2.19. The number of hydrogen-bond acceptors (Lipinski definition) is 3. The van der Waals surface area contributed by atoms with Gasteiger partial charge in [0.25, 0.3) is 0 Å². The molecule has 0 amide bonds. The third-order valence-corrected chi connectivity index (χ3v) is 4.66. The first-order chi connectivity index (χ1) is 11.8. The van der Waals surface area contributed by atoms with E-state index in [0.717, 1.165) is 17.2 Å². The molecule has 0 aliphatic carbocycles. The number of benzene rings is 1. The van der Waals surface area contributed by atoms with E-state index in [2.05, 4.69) is 20.6 Å². The van der Waals surface area contributed by atoms with Crippen molar-refractivity contribution in [1.29, 1.82) is 0 Å². The van der Waals surface area contributed by atoms with Crippen LogP contribution in [0.4, 0.5) is 5.95 Å². The Labute approximate surface area is 158 Å². The van der Waals surface area contributed by atoms with Crippen molar-refractivity contribution < 1.29 is 0 Å². The SMILES string of the molecule is CN=C(NCc1cnc(N(C)C)n1C)NC(C)c1ccc(Cl)c(Cl)c1. The van der Waals surface area contributed by atoms with E-state index in [1.165, 1.54) is 0 Å². The van der Waals surface area contributed by atoms with Crippen molar-refractivity contribution in [2.45, 2.75) is 19.5 Å². The summed E-state index contributed by atoms with van der Waals surface area (Å²) < 4.78 is 2.04. The van der Waals surface area contributed by atoms with Crippen LogP contribution in [-0.4, -0.2) is 36.7 Å². The van der Waals surface area contributed by atoms with E-state index in [1.54, 1.807) is 13.1 Å². The molecule has 1 heterocycles. The fourth-order valence-corrected chi connectivity index (χ4v) is 2.76. The van der Waals surface area contributed by atoms with E-state index in [-0.39, 0.29) is 6.04 Å². The molecular weight excluding hydrogens is 359 g/mol. The van der Waals surface area contributed by atoms with Crippen LogP contribution < -0.4 is 15.5 Å². The third-order valence-electron chi connectivity index (χ3n) is 3.92. The third kappa shape index (κ3) is 4.80.